The van der Waals surface area contributed by atoms with Crippen molar-refractivity contribution >= 4 is 19.8 Å². The number of nitrogens with two attached hydrogens (primary N) is 1. The van der Waals surface area contributed by atoms with Crippen LogP contribution in [-0.2, 0) is 32.7 Å². The Kier molecular flexibility index (Phi) is 42.5. The number of ether oxygens (including phenoxy) is 2. The lowest BCUT2D eigenvalue weighted by molar-refractivity contribution is -0.161. The van der Waals surface area contributed by atoms with Gasteiger partial charge in [0.25, 0.3) is 0 Å². The van der Waals surface area contributed by atoms with Crippen LogP contribution < -0.4 is 5.73 Å². The molecule has 0 fully saturated rings. The van der Waals surface area contributed by atoms with Crippen molar-refractivity contribution in [2.24, 2.45) is 5.73 Å². The summed E-state index contributed by atoms with van der Waals surface area (Å²) in [5.41, 5.74) is 5.35. The van der Waals surface area contributed by atoms with Gasteiger partial charge >= 0.3 is 19.8 Å². The standard InChI is InChI=1S/C49H86NO9P/c1-3-5-7-9-11-12-13-14-15-16-17-18-19-20-21-26-29-33-37-41-49(53)59-47(45-58-60(54,55)57-43-42-50)44-56-48(52)40-36-32-28-25-23-22-24-27-31-35-39-46(51)38-34-30-10-8-6-4-2/h6,8,22-23,27-28,30-32,34-35,39,46-47,51H,3-5,7,9-21,24-26,29,33,36-38,40-45,50H2,1-2H3,(H,54,55)/b8-6-,23-22-,31-27-,32-28-,34-30-,39-35+/t46?,47-/m1/s1. The lowest BCUT2D eigenvalue weighted by Gasteiger charge is -2.19. The molecule has 0 aromatic rings. The van der Waals surface area contributed by atoms with Gasteiger partial charge in [-0.05, 0) is 44.9 Å². The first-order valence-electron chi connectivity index (χ1n) is 23.5. The molecule has 0 aliphatic carbocycles. The Morgan fingerprint density at radius 2 is 1.12 bits per heavy atom. The lowest BCUT2D eigenvalue weighted by atomic mass is 10.0. The number of carbonyl (C=O) groups is 2. The van der Waals surface area contributed by atoms with Crippen LogP contribution in [0.2, 0.25) is 0 Å². The van der Waals surface area contributed by atoms with Crippen molar-refractivity contribution < 1.29 is 42.7 Å². The second-order valence-corrected chi connectivity index (χ2v) is 16.9. The molecule has 60 heavy (non-hydrogen) atoms. The van der Waals surface area contributed by atoms with Gasteiger partial charge in [-0.25, -0.2) is 4.57 Å². The smallest absolute Gasteiger partial charge is 0.462 e. The van der Waals surface area contributed by atoms with Crippen LogP contribution in [0.1, 0.15) is 187 Å². The molecule has 4 N–H and O–H groups in total. The van der Waals surface area contributed by atoms with E-state index in [0.29, 0.717) is 19.3 Å². The summed E-state index contributed by atoms with van der Waals surface area (Å²) in [5.74, 6) is -0.955. The van der Waals surface area contributed by atoms with Gasteiger partial charge < -0.3 is 25.2 Å². The summed E-state index contributed by atoms with van der Waals surface area (Å²) < 4.78 is 32.7. The van der Waals surface area contributed by atoms with Crippen molar-refractivity contribution in [1.82, 2.24) is 0 Å². The molecular weight excluding hydrogens is 778 g/mol. The summed E-state index contributed by atoms with van der Waals surface area (Å²) in [6, 6.07) is 0. The fourth-order valence-electron chi connectivity index (χ4n) is 6.22. The summed E-state index contributed by atoms with van der Waals surface area (Å²) in [7, 11) is -4.41. The van der Waals surface area contributed by atoms with Crippen LogP contribution in [0.3, 0.4) is 0 Å². The van der Waals surface area contributed by atoms with Crippen LogP contribution in [0.5, 0.6) is 0 Å². The van der Waals surface area contributed by atoms with Gasteiger partial charge in [-0.15, -0.1) is 0 Å². The zero-order chi connectivity index (χ0) is 44.0. The van der Waals surface area contributed by atoms with Crippen molar-refractivity contribution in [3.8, 4) is 0 Å². The maximum atomic E-state index is 12.6. The number of rotatable bonds is 43. The topological polar surface area (TPSA) is 155 Å². The largest absolute Gasteiger partial charge is 0.472 e. The number of hydrogen-bond donors (Lipinski definition) is 3. The van der Waals surface area contributed by atoms with E-state index in [0.717, 1.165) is 44.9 Å². The van der Waals surface area contributed by atoms with E-state index in [-0.39, 0.29) is 32.6 Å². The van der Waals surface area contributed by atoms with Crippen LogP contribution in [0, 0.1) is 0 Å². The lowest BCUT2D eigenvalue weighted by Crippen LogP contribution is -2.29. The molecule has 10 nitrogen and oxygen atoms in total. The summed E-state index contributed by atoms with van der Waals surface area (Å²) >= 11 is 0. The molecule has 0 aromatic heterocycles. The van der Waals surface area contributed by atoms with Crippen LogP contribution in [0.25, 0.3) is 0 Å². The third-order valence-corrected chi connectivity index (χ3v) is 10.7. The number of hydrogen-bond acceptors (Lipinski definition) is 9. The number of aliphatic hydroxyl groups excluding tert-OH is 1. The number of aliphatic hydroxyl groups is 1. The molecule has 0 aliphatic heterocycles. The van der Waals surface area contributed by atoms with Gasteiger partial charge in [-0.3, -0.25) is 18.6 Å². The molecule has 0 saturated heterocycles. The Bertz CT molecular complexity index is 1230. The Morgan fingerprint density at radius 1 is 0.600 bits per heavy atom. The van der Waals surface area contributed by atoms with Crippen LogP contribution >= 0.6 is 7.82 Å². The zero-order valence-electron chi connectivity index (χ0n) is 37.8. The van der Waals surface area contributed by atoms with E-state index in [1.165, 1.54) is 96.3 Å². The Labute approximate surface area is 365 Å². The molecule has 0 spiro atoms. The van der Waals surface area contributed by atoms with E-state index < -0.39 is 38.6 Å². The van der Waals surface area contributed by atoms with Gasteiger partial charge in [0.05, 0.1) is 19.3 Å². The Morgan fingerprint density at radius 3 is 1.68 bits per heavy atom. The van der Waals surface area contributed by atoms with Crippen LogP contribution in [0.4, 0.5) is 0 Å². The van der Waals surface area contributed by atoms with Gasteiger partial charge in [0.1, 0.15) is 6.61 Å². The number of esters is 2. The molecule has 0 aromatic carbocycles. The SMILES string of the molecule is CC/C=C\C/C=C\CC(O)/C=C/C=C\C/C=C\C/C=C\CCC(=O)OC[C@H](COP(=O)(O)OCCN)OC(=O)CCCCCCCCCCCCCCCCCCCCC. The minimum atomic E-state index is -4.41. The van der Waals surface area contributed by atoms with Crippen LogP contribution in [0.15, 0.2) is 72.9 Å². The minimum absolute atomic E-state index is 0.0341. The van der Waals surface area contributed by atoms with E-state index in [9.17, 15) is 24.2 Å². The summed E-state index contributed by atoms with van der Waals surface area (Å²) in [6.07, 6.45) is 51.2. The molecule has 0 radical (unpaired) electrons. The summed E-state index contributed by atoms with van der Waals surface area (Å²) in [6.45, 7) is 3.46. The summed E-state index contributed by atoms with van der Waals surface area (Å²) in [5, 5.41) is 10.0. The first-order chi connectivity index (χ1) is 29.2. The normalized spacial score (nSPS) is 14.4. The first kappa shape index (κ1) is 57.4. The van der Waals surface area contributed by atoms with E-state index in [4.69, 9.17) is 24.3 Å². The number of allylic oxidation sites excluding steroid dienone is 10. The van der Waals surface area contributed by atoms with Gasteiger partial charge in [0, 0.05) is 19.4 Å². The van der Waals surface area contributed by atoms with E-state index >= 15 is 0 Å². The average molecular weight is 864 g/mol. The maximum absolute atomic E-state index is 12.6. The molecule has 0 rings (SSSR count). The van der Waals surface area contributed by atoms with E-state index in [2.05, 4.69) is 32.1 Å². The van der Waals surface area contributed by atoms with E-state index in [1.54, 1.807) is 6.08 Å². The fraction of sp³-hybridized carbons (Fsp3) is 0.714. The molecule has 3 atom stereocenters. The van der Waals surface area contributed by atoms with E-state index in [1.807, 2.05) is 48.6 Å². The molecule has 0 heterocycles. The molecule has 0 aliphatic rings. The Balaban J connectivity index is 4.26. The Hall–Kier alpha value is -2.59. The van der Waals surface area contributed by atoms with Crippen molar-refractivity contribution in [1.29, 1.82) is 0 Å². The van der Waals surface area contributed by atoms with Gasteiger partial charge in [0.15, 0.2) is 6.10 Å². The predicted octanol–water partition coefficient (Wildman–Crippen LogP) is 12.8. The molecule has 0 amide bonds. The molecule has 346 valence electrons. The molecule has 0 bridgehead atoms. The summed E-state index contributed by atoms with van der Waals surface area (Å²) in [4.78, 5) is 34.9. The zero-order valence-corrected chi connectivity index (χ0v) is 38.7. The molecule has 2 unspecified atom stereocenters. The number of carbonyl (C=O) groups excluding carboxylic acids is 2. The average Bonchev–Trinajstić information content (AvgIpc) is 3.23. The quantitative estimate of drug-likeness (QED) is 0.0177. The fourth-order valence-corrected chi connectivity index (χ4v) is 6.98. The van der Waals surface area contributed by atoms with Crippen molar-refractivity contribution in [3.05, 3.63) is 72.9 Å². The van der Waals surface area contributed by atoms with Gasteiger partial charge in [-0.2, -0.15) is 0 Å². The highest BCUT2D eigenvalue weighted by Crippen LogP contribution is 2.43. The number of phosphoric ester groups is 1. The number of unbranched alkanes of at least 4 members (excludes halogenated alkanes) is 18. The monoisotopic (exact) mass is 864 g/mol. The van der Waals surface area contributed by atoms with Crippen molar-refractivity contribution in [2.45, 2.75) is 199 Å². The number of phosphoric acid groups is 1. The second kappa shape index (κ2) is 44.5. The predicted molar refractivity (Wildman–Crippen MR) is 248 cm³/mol. The highest BCUT2D eigenvalue weighted by molar-refractivity contribution is 7.47. The van der Waals surface area contributed by atoms with Crippen LogP contribution in [-0.4, -0.2) is 60.5 Å². The van der Waals surface area contributed by atoms with Crippen molar-refractivity contribution in [2.75, 3.05) is 26.4 Å². The van der Waals surface area contributed by atoms with Gasteiger partial charge in [-0.1, -0.05) is 202 Å². The van der Waals surface area contributed by atoms with Crippen molar-refractivity contribution in [3.63, 3.8) is 0 Å². The highest BCUT2D eigenvalue weighted by atomic mass is 31.2. The molecular formula is C49H86NO9P. The molecule has 11 heteroatoms. The highest BCUT2D eigenvalue weighted by Gasteiger charge is 2.26. The molecule has 0 saturated carbocycles. The third-order valence-electron chi connectivity index (χ3n) is 9.70. The third kappa shape index (κ3) is 43.5. The minimum Gasteiger partial charge on any atom is -0.462 e. The maximum Gasteiger partial charge on any atom is 0.472 e. The van der Waals surface area contributed by atoms with Gasteiger partial charge in [0.2, 0.25) is 0 Å². The first-order valence-corrected chi connectivity index (χ1v) is 25.0. The second-order valence-electron chi connectivity index (χ2n) is 15.5.